The molecule has 8 heteroatoms. The van der Waals surface area contributed by atoms with Gasteiger partial charge in [-0.3, -0.25) is 14.4 Å². The number of nitrogens with zero attached hydrogens (tertiary/aromatic N) is 2. The summed E-state index contributed by atoms with van der Waals surface area (Å²) in [5.74, 6) is -2.18. The van der Waals surface area contributed by atoms with Crippen LogP contribution in [0.15, 0.2) is 54.6 Å². The summed E-state index contributed by atoms with van der Waals surface area (Å²) in [6.07, 6.45) is 9.55. The van der Waals surface area contributed by atoms with Crippen molar-refractivity contribution in [2.24, 2.45) is 11.8 Å². The Kier molecular flexibility index (Phi) is 6.29. The van der Waals surface area contributed by atoms with Crippen molar-refractivity contribution < 1.29 is 24.2 Å². The summed E-state index contributed by atoms with van der Waals surface area (Å²) in [5, 5.41) is 10.2. The fraction of sp³-hybridized carbons (Fsp3) is 0.500. The van der Waals surface area contributed by atoms with Gasteiger partial charge in [0.2, 0.25) is 11.8 Å². The number of ether oxygens (including phenoxy) is 1. The standard InChI is InChI=1S/C26H30N2O5S/c1-2-3-13-27-14-8-12-26-21(20-19(34-26)11-7-15-33-25(20)32)23(30)28(22(26)24(27)31)18(16-29)17-9-5-4-6-10-17/h4-12,18-22,29H,2-3,13-16H2,1H3/t18-,19-,20+,21+,22?,26+/m1/s1. The number of rotatable bonds is 6. The number of carbonyl (C=O) groups is 3. The quantitative estimate of drug-likeness (QED) is 0.495. The molecule has 0 bridgehead atoms. The molecular weight excluding hydrogens is 452 g/mol. The second kappa shape index (κ2) is 9.23. The maximum absolute atomic E-state index is 14.2. The van der Waals surface area contributed by atoms with Crippen LogP contribution in [0, 0.1) is 11.8 Å². The molecule has 4 aliphatic rings. The van der Waals surface area contributed by atoms with E-state index < -0.39 is 34.6 Å². The number of unbranched alkanes of at least 4 members (excludes halogenated alkanes) is 1. The molecule has 4 aliphatic heterocycles. The summed E-state index contributed by atoms with van der Waals surface area (Å²) >= 11 is 1.52. The Bertz CT molecular complexity index is 1030. The Balaban J connectivity index is 1.64. The molecule has 0 radical (unpaired) electrons. The van der Waals surface area contributed by atoms with E-state index in [-0.39, 0.29) is 30.3 Å². The lowest BCUT2D eigenvalue weighted by Crippen LogP contribution is -2.54. The first-order valence-corrected chi connectivity index (χ1v) is 12.9. The number of aliphatic hydroxyl groups is 1. The third-order valence-electron chi connectivity index (χ3n) is 7.41. The van der Waals surface area contributed by atoms with E-state index in [9.17, 15) is 19.5 Å². The van der Waals surface area contributed by atoms with Gasteiger partial charge in [0.05, 0.1) is 29.2 Å². The van der Waals surface area contributed by atoms with Crippen LogP contribution in [0.2, 0.25) is 0 Å². The minimum Gasteiger partial charge on any atom is -0.461 e. The molecule has 34 heavy (non-hydrogen) atoms. The first kappa shape index (κ1) is 23.2. The fourth-order valence-corrected chi connectivity index (χ4v) is 7.86. The van der Waals surface area contributed by atoms with Crippen LogP contribution < -0.4 is 0 Å². The first-order chi connectivity index (χ1) is 16.5. The highest BCUT2D eigenvalue weighted by Gasteiger charge is 2.71. The van der Waals surface area contributed by atoms with Crippen LogP contribution in [0.3, 0.4) is 0 Å². The molecule has 5 rings (SSSR count). The van der Waals surface area contributed by atoms with Gasteiger partial charge in [-0.1, -0.05) is 68.0 Å². The molecule has 1 N–H and O–H groups in total. The number of thioether (sulfide) groups is 1. The monoisotopic (exact) mass is 482 g/mol. The van der Waals surface area contributed by atoms with Crippen LogP contribution in [-0.2, 0) is 19.1 Å². The van der Waals surface area contributed by atoms with Gasteiger partial charge in [-0.15, -0.1) is 11.8 Å². The fourth-order valence-electron chi connectivity index (χ4n) is 5.87. The number of hydrogen-bond acceptors (Lipinski definition) is 6. The lowest BCUT2D eigenvalue weighted by molar-refractivity contribution is -0.152. The van der Waals surface area contributed by atoms with Crippen molar-refractivity contribution in [1.82, 2.24) is 9.80 Å². The molecule has 1 unspecified atom stereocenters. The van der Waals surface area contributed by atoms with E-state index >= 15 is 0 Å². The van der Waals surface area contributed by atoms with E-state index in [2.05, 4.69) is 6.92 Å². The van der Waals surface area contributed by atoms with Crippen molar-refractivity contribution >= 4 is 29.5 Å². The van der Waals surface area contributed by atoms with Crippen LogP contribution in [-0.4, -0.2) is 75.0 Å². The van der Waals surface area contributed by atoms with Crippen LogP contribution in [0.25, 0.3) is 0 Å². The summed E-state index contributed by atoms with van der Waals surface area (Å²) in [6.45, 7) is 3.03. The maximum atomic E-state index is 14.2. The number of fused-ring (bicyclic) bond motifs is 2. The van der Waals surface area contributed by atoms with Gasteiger partial charge in [-0.05, 0) is 12.0 Å². The van der Waals surface area contributed by atoms with Crippen molar-refractivity contribution in [3.63, 3.8) is 0 Å². The van der Waals surface area contributed by atoms with Crippen molar-refractivity contribution in [3.05, 3.63) is 60.2 Å². The summed E-state index contributed by atoms with van der Waals surface area (Å²) in [5.41, 5.74) is 0.763. The van der Waals surface area contributed by atoms with Crippen LogP contribution >= 0.6 is 11.8 Å². The molecular formula is C26H30N2O5S. The highest BCUT2D eigenvalue weighted by atomic mass is 32.2. The van der Waals surface area contributed by atoms with Crippen LogP contribution in [0.5, 0.6) is 0 Å². The van der Waals surface area contributed by atoms with Crippen molar-refractivity contribution in [3.8, 4) is 0 Å². The topological polar surface area (TPSA) is 87.2 Å². The average molecular weight is 483 g/mol. The number of likely N-dealkylation sites (tertiary alicyclic amines) is 1. The minimum absolute atomic E-state index is 0.120. The van der Waals surface area contributed by atoms with Crippen molar-refractivity contribution in [1.29, 1.82) is 0 Å². The third-order valence-corrected chi connectivity index (χ3v) is 9.15. The molecule has 7 nitrogen and oxygen atoms in total. The largest absolute Gasteiger partial charge is 0.461 e. The zero-order valence-corrected chi connectivity index (χ0v) is 20.0. The second-order valence-corrected chi connectivity index (χ2v) is 10.8. The summed E-state index contributed by atoms with van der Waals surface area (Å²) in [6, 6.07) is 7.82. The Morgan fingerprint density at radius 1 is 1.18 bits per heavy atom. The molecule has 2 saturated heterocycles. The Morgan fingerprint density at radius 3 is 2.71 bits per heavy atom. The Labute approximate surface area is 203 Å². The molecule has 1 spiro atoms. The number of esters is 1. The van der Waals surface area contributed by atoms with E-state index in [1.165, 1.54) is 11.8 Å². The predicted octanol–water partition coefficient (Wildman–Crippen LogP) is 2.33. The van der Waals surface area contributed by atoms with Crippen LogP contribution in [0.1, 0.15) is 31.4 Å². The van der Waals surface area contributed by atoms with Crippen LogP contribution in [0.4, 0.5) is 0 Å². The summed E-state index contributed by atoms with van der Waals surface area (Å²) in [4.78, 5) is 44.7. The molecule has 0 aromatic heterocycles. The van der Waals surface area contributed by atoms with Gasteiger partial charge in [0.15, 0.2) is 0 Å². The van der Waals surface area contributed by atoms with Gasteiger partial charge in [0, 0.05) is 18.3 Å². The lowest BCUT2D eigenvalue weighted by atomic mass is 9.78. The van der Waals surface area contributed by atoms with Gasteiger partial charge in [-0.25, -0.2) is 0 Å². The number of carbonyl (C=O) groups excluding carboxylic acids is 3. The van der Waals surface area contributed by atoms with E-state index in [0.29, 0.717) is 13.1 Å². The lowest BCUT2D eigenvalue weighted by Gasteiger charge is -2.38. The van der Waals surface area contributed by atoms with Gasteiger partial charge in [0.1, 0.15) is 12.6 Å². The third kappa shape index (κ3) is 3.50. The van der Waals surface area contributed by atoms with Crippen molar-refractivity contribution in [2.75, 3.05) is 26.3 Å². The predicted molar refractivity (Wildman–Crippen MR) is 129 cm³/mol. The zero-order valence-electron chi connectivity index (χ0n) is 19.2. The first-order valence-electron chi connectivity index (χ1n) is 12.0. The summed E-state index contributed by atoms with van der Waals surface area (Å²) in [7, 11) is 0. The van der Waals surface area contributed by atoms with Crippen molar-refractivity contribution in [2.45, 2.75) is 41.8 Å². The molecule has 2 fully saturated rings. The maximum Gasteiger partial charge on any atom is 0.311 e. The minimum atomic E-state index is -0.895. The highest BCUT2D eigenvalue weighted by molar-refractivity contribution is 8.02. The number of hydrogen-bond donors (Lipinski definition) is 1. The molecule has 0 aliphatic carbocycles. The van der Waals surface area contributed by atoms with Gasteiger partial charge in [0.25, 0.3) is 0 Å². The number of cyclic esters (lactones) is 1. The van der Waals surface area contributed by atoms with Gasteiger partial charge < -0.3 is 19.6 Å². The van der Waals surface area contributed by atoms with E-state index in [0.717, 1.165) is 18.4 Å². The smallest absolute Gasteiger partial charge is 0.311 e. The molecule has 1 aromatic rings. The molecule has 2 amide bonds. The number of benzene rings is 1. The molecule has 180 valence electrons. The zero-order chi connectivity index (χ0) is 23.9. The number of aliphatic hydroxyl groups excluding tert-OH is 1. The molecule has 0 saturated carbocycles. The molecule has 1 aromatic carbocycles. The summed E-state index contributed by atoms with van der Waals surface area (Å²) < 4.78 is 4.51. The highest BCUT2D eigenvalue weighted by Crippen LogP contribution is 2.62. The number of amides is 2. The SMILES string of the molecule is CCCCN1CC=C[C@]23S[C@@H]4C=CCOC(=O)[C@@H]4[C@H]2C(=O)N([C@H](CO)c2ccccc2)C3C1=O. The van der Waals surface area contributed by atoms with E-state index in [4.69, 9.17) is 4.74 Å². The average Bonchev–Trinajstić information content (AvgIpc) is 3.15. The Morgan fingerprint density at radius 2 is 1.97 bits per heavy atom. The Hall–Kier alpha value is -2.58. The second-order valence-electron chi connectivity index (χ2n) is 9.29. The molecule has 6 atom stereocenters. The normalized spacial score (nSPS) is 33.2. The van der Waals surface area contributed by atoms with E-state index in [1.807, 2.05) is 59.5 Å². The molecule has 4 heterocycles. The van der Waals surface area contributed by atoms with Gasteiger partial charge >= 0.3 is 5.97 Å². The van der Waals surface area contributed by atoms with Gasteiger partial charge in [-0.2, -0.15) is 0 Å². The van der Waals surface area contributed by atoms with E-state index in [1.54, 1.807) is 4.90 Å².